The topological polar surface area (TPSA) is 32.8 Å². The highest BCUT2D eigenvalue weighted by Crippen LogP contribution is 2.29. The Morgan fingerprint density at radius 2 is 1.94 bits per heavy atom. The van der Waals surface area contributed by atoms with Gasteiger partial charge >= 0.3 is 0 Å². The molecule has 3 aromatic rings. The Kier molecular flexibility index (Phi) is 7.78. The summed E-state index contributed by atoms with van der Waals surface area (Å²) >= 11 is 1.45. The minimum absolute atomic E-state index is 0.0187. The molecule has 0 radical (unpaired) electrons. The largest absolute Gasteiger partial charge is 0.497 e. The summed E-state index contributed by atoms with van der Waals surface area (Å²) in [5.74, 6) is 1.02. The number of likely N-dealkylation sites (tertiary alicyclic amines) is 1. The number of benzene rings is 2. The van der Waals surface area contributed by atoms with Crippen molar-refractivity contribution in [2.75, 3.05) is 27.2 Å². The van der Waals surface area contributed by atoms with Gasteiger partial charge in [-0.1, -0.05) is 36.4 Å². The molecule has 0 N–H and O–H groups in total. The first-order chi connectivity index (χ1) is 16.0. The molecule has 174 valence electrons. The molecule has 2 heterocycles. The van der Waals surface area contributed by atoms with E-state index in [1.54, 1.807) is 13.2 Å². The predicted octanol–water partition coefficient (Wildman–Crippen LogP) is 5.49. The first-order valence-electron chi connectivity index (χ1n) is 11.4. The van der Waals surface area contributed by atoms with Crippen LogP contribution in [0.15, 0.2) is 66.0 Å². The Balaban J connectivity index is 1.46. The van der Waals surface area contributed by atoms with Gasteiger partial charge in [-0.3, -0.25) is 9.69 Å². The molecule has 1 amide bonds. The molecule has 0 aliphatic carbocycles. The second-order valence-corrected chi connectivity index (χ2v) is 9.67. The van der Waals surface area contributed by atoms with Crippen molar-refractivity contribution in [3.8, 4) is 5.75 Å². The monoisotopic (exact) mass is 466 g/mol. The van der Waals surface area contributed by atoms with Crippen molar-refractivity contribution in [2.45, 2.75) is 31.8 Å². The fourth-order valence-corrected chi connectivity index (χ4v) is 5.46. The van der Waals surface area contributed by atoms with Gasteiger partial charge < -0.3 is 9.64 Å². The molecule has 1 saturated heterocycles. The number of carbonyl (C=O) groups is 1. The van der Waals surface area contributed by atoms with Gasteiger partial charge in [-0.05, 0) is 79.0 Å². The fourth-order valence-electron chi connectivity index (χ4n) is 4.76. The Morgan fingerprint density at radius 3 is 2.64 bits per heavy atom. The highest BCUT2D eigenvalue weighted by Gasteiger charge is 2.32. The Morgan fingerprint density at radius 1 is 1.15 bits per heavy atom. The summed E-state index contributed by atoms with van der Waals surface area (Å²) in [6.45, 7) is 2.79. The Labute approximate surface area is 199 Å². The molecular formula is C27H31FN2O2S. The van der Waals surface area contributed by atoms with Gasteiger partial charge in [0.2, 0.25) is 0 Å². The van der Waals surface area contributed by atoms with E-state index in [0.717, 1.165) is 43.1 Å². The third kappa shape index (κ3) is 5.81. The molecule has 4 rings (SSSR count). The SMILES string of the molecule is COc1cccc(CN2CCC(C(Cc3ccccc3F)N(C)C(=O)c3cccs3)CC2)c1. The first kappa shape index (κ1) is 23.5. The van der Waals surface area contributed by atoms with E-state index in [1.165, 1.54) is 23.0 Å². The number of amides is 1. The molecular weight excluding hydrogens is 435 g/mol. The molecule has 33 heavy (non-hydrogen) atoms. The molecule has 1 fully saturated rings. The average Bonchev–Trinajstić information content (AvgIpc) is 3.38. The van der Waals surface area contributed by atoms with Crippen LogP contribution >= 0.6 is 11.3 Å². The molecule has 0 saturated carbocycles. The van der Waals surface area contributed by atoms with Crippen molar-refractivity contribution in [3.63, 3.8) is 0 Å². The quantitative estimate of drug-likeness (QED) is 0.440. The summed E-state index contributed by atoms with van der Waals surface area (Å²) in [4.78, 5) is 18.2. The van der Waals surface area contributed by atoms with Crippen LogP contribution in [0.4, 0.5) is 4.39 Å². The van der Waals surface area contributed by atoms with Crippen molar-refractivity contribution in [1.29, 1.82) is 0 Å². The zero-order valence-electron chi connectivity index (χ0n) is 19.2. The lowest BCUT2D eigenvalue weighted by Gasteiger charge is -2.40. The van der Waals surface area contributed by atoms with E-state index < -0.39 is 0 Å². The van der Waals surface area contributed by atoms with Gasteiger partial charge in [-0.2, -0.15) is 0 Å². The zero-order valence-corrected chi connectivity index (χ0v) is 20.1. The number of likely N-dealkylation sites (N-methyl/N-ethyl adjacent to an activating group) is 1. The van der Waals surface area contributed by atoms with Crippen LogP contribution in [0.1, 0.15) is 33.6 Å². The maximum atomic E-state index is 14.5. The first-order valence-corrected chi connectivity index (χ1v) is 12.3. The van der Waals surface area contributed by atoms with Gasteiger partial charge in [-0.25, -0.2) is 4.39 Å². The van der Waals surface area contributed by atoms with E-state index in [1.807, 2.05) is 53.7 Å². The molecule has 6 heteroatoms. The van der Waals surface area contributed by atoms with Gasteiger partial charge in [0.05, 0.1) is 12.0 Å². The molecule has 1 aromatic heterocycles. The van der Waals surface area contributed by atoms with Gasteiger partial charge in [0, 0.05) is 19.6 Å². The molecule has 4 nitrogen and oxygen atoms in total. The number of hydrogen-bond donors (Lipinski definition) is 0. The van der Waals surface area contributed by atoms with E-state index in [-0.39, 0.29) is 17.8 Å². The summed E-state index contributed by atoms with van der Waals surface area (Å²) < 4.78 is 19.9. The van der Waals surface area contributed by atoms with Crippen LogP contribution in [-0.2, 0) is 13.0 Å². The summed E-state index contributed by atoms with van der Waals surface area (Å²) in [7, 11) is 3.56. The summed E-state index contributed by atoms with van der Waals surface area (Å²) in [5.41, 5.74) is 1.91. The van der Waals surface area contributed by atoms with E-state index in [2.05, 4.69) is 17.0 Å². The normalized spacial score (nSPS) is 15.8. The summed E-state index contributed by atoms with van der Waals surface area (Å²) in [5, 5.41) is 1.92. The predicted molar refractivity (Wildman–Crippen MR) is 131 cm³/mol. The van der Waals surface area contributed by atoms with E-state index in [9.17, 15) is 9.18 Å². The van der Waals surface area contributed by atoms with Gasteiger partial charge in [0.1, 0.15) is 11.6 Å². The highest BCUT2D eigenvalue weighted by molar-refractivity contribution is 7.12. The van der Waals surface area contributed by atoms with Gasteiger partial charge in [-0.15, -0.1) is 11.3 Å². The third-order valence-electron chi connectivity index (χ3n) is 6.65. The van der Waals surface area contributed by atoms with Crippen LogP contribution in [0.25, 0.3) is 0 Å². The standard InChI is InChI=1S/C27H31FN2O2S/c1-29(27(31)26-11-6-16-33-26)25(18-22-8-3-4-10-24(22)28)21-12-14-30(15-13-21)19-20-7-5-9-23(17-20)32-2/h3-11,16-17,21,25H,12-15,18-19H2,1-2H3. The fraction of sp³-hybridized carbons (Fsp3) is 0.370. The number of ether oxygens (including phenoxy) is 1. The molecule has 1 aliphatic heterocycles. The molecule has 0 bridgehead atoms. The molecule has 1 atom stereocenters. The van der Waals surface area contributed by atoms with Gasteiger partial charge in [0.25, 0.3) is 5.91 Å². The van der Waals surface area contributed by atoms with Crippen molar-refractivity contribution in [2.24, 2.45) is 5.92 Å². The Hall–Kier alpha value is -2.70. The van der Waals surface area contributed by atoms with Crippen molar-refractivity contribution in [3.05, 3.63) is 87.9 Å². The van der Waals surface area contributed by atoms with E-state index in [0.29, 0.717) is 17.9 Å². The number of hydrogen-bond acceptors (Lipinski definition) is 4. The maximum Gasteiger partial charge on any atom is 0.263 e. The number of halogens is 1. The number of methoxy groups -OCH3 is 1. The van der Waals surface area contributed by atoms with Crippen LogP contribution in [0.2, 0.25) is 0 Å². The van der Waals surface area contributed by atoms with Crippen molar-refractivity contribution < 1.29 is 13.9 Å². The smallest absolute Gasteiger partial charge is 0.263 e. The number of piperidine rings is 1. The highest BCUT2D eigenvalue weighted by atomic mass is 32.1. The van der Waals surface area contributed by atoms with Crippen LogP contribution in [-0.4, -0.2) is 49.0 Å². The molecule has 1 unspecified atom stereocenters. The van der Waals surface area contributed by atoms with Gasteiger partial charge in [0.15, 0.2) is 0 Å². The van der Waals surface area contributed by atoms with Crippen molar-refractivity contribution in [1.82, 2.24) is 9.80 Å². The number of rotatable bonds is 8. The van der Waals surface area contributed by atoms with E-state index >= 15 is 0 Å². The summed E-state index contributed by atoms with van der Waals surface area (Å²) in [6, 6.07) is 18.8. The maximum absolute atomic E-state index is 14.5. The second-order valence-electron chi connectivity index (χ2n) is 8.72. The minimum atomic E-state index is -0.199. The molecule has 1 aliphatic rings. The third-order valence-corrected chi connectivity index (χ3v) is 7.51. The summed E-state index contributed by atoms with van der Waals surface area (Å²) in [6.07, 6.45) is 2.48. The van der Waals surface area contributed by atoms with E-state index in [4.69, 9.17) is 4.74 Å². The zero-order chi connectivity index (χ0) is 23.2. The lowest BCUT2D eigenvalue weighted by molar-refractivity contribution is 0.0588. The lowest BCUT2D eigenvalue weighted by Crippen LogP contribution is -2.47. The molecule has 0 spiro atoms. The average molecular weight is 467 g/mol. The molecule has 2 aromatic carbocycles. The van der Waals surface area contributed by atoms with Crippen molar-refractivity contribution >= 4 is 17.2 Å². The Bertz CT molecular complexity index is 1050. The van der Waals surface area contributed by atoms with Crippen LogP contribution < -0.4 is 4.74 Å². The van der Waals surface area contributed by atoms with Crippen LogP contribution in [0.5, 0.6) is 5.75 Å². The minimum Gasteiger partial charge on any atom is -0.497 e. The number of thiophene rings is 1. The number of nitrogens with zero attached hydrogens (tertiary/aromatic N) is 2. The number of carbonyl (C=O) groups excluding carboxylic acids is 1. The van der Waals surface area contributed by atoms with Crippen LogP contribution in [0.3, 0.4) is 0 Å². The lowest BCUT2D eigenvalue weighted by atomic mass is 9.84. The van der Waals surface area contributed by atoms with Crippen LogP contribution in [0, 0.1) is 11.7 Å². The second kappa shape index (κ2) is 10.9.